The normalized spacial score (nSPS) is 19.4. The summed E-state index contributed by atoms with van der Waals surface area (Å²) in [6.45, 7) is 4.84. The van der Waals surface area contributed by atoms with Gasteiger partial charge in [0.15, 0.2) is 5.78 Å². The molecule has 2 aliphatic rings. The highest BCUT2D eigenvalue weighted by Crippen LogP contribution is 2.20. The van der Waals surface area contributed by atoms with Gasteiger partial charge in [-0.2, -0.15) is 0 Å². The SMILES string of the molecule is O=C1CCC(CC(=O)c2ccc(OCc3ccc(CN4CCOCC4)cc3)cn2)C(=O)N1. The summed E-state index contributed by atoms with van der Waals surface area (Å²) in [7, 11) is 0. The molecule has 1 atom stereocenters. The van der Waals surface area contributed by atoms with Crippen LogP contribution < -0.4 is 10.1 Å². The molecule has 8 heteroatoms. The number of rotatable bonds is 8. The van der Waals surface area contributed by atoms with Gasteiger partial charge < -0.3 is 9.47 Å². The highest BCUT2D eigenvalue weighted by Gasteiger charge is 2.29. The highest BCUT2D eigenvalue weighted by atomic mass is 16.5. The smallest absolute Gasteiger partial charge is 0.230 e. The summed E-state index contributed by atoms with van der Waals surface area (Å²) in [6, 6.07) is 11.7. The molecular formula is C24H27N3O5. The zero-order valence-corrected chi connectivity index (χ0v) is 17.9. The third-order valence-electron chi connectivity index (χ3n) is 5.75. The lowest BCUT2D eigenvalue weighted by Gasteiger charge is -2.26. The molecule has 0 spiro atoms. The summed E-state index contributed by atoms with van der Waals surface area (Å²) in [5.41, 5.74) is 2.60. The van der Waals surface area contributed by atoms with Crippen LogP contribution in [0.2, 0.25) is 0 Å². The minimum atomic E-state index is -0.482. The summed E-state index contributed by atoms with van der Waals surface area (Å²) in [4.78, 5) is 42.1. The van der Waals surface area contributed by atoms with Crippen LogP contribution in [0.25, 0.3) is 0 Å². The molecule has 2 fully saturated rings. The van der Waals surface area contributed by atoms with Gasteiger partial charge in [-0.3, -0.25) is 24.6 Å². The molecule has 2 amide bonds. The minimum absolute atomic E-state index is 0.0448. The van der Waals surface area contributed by atoms with Gasteiger partial charge in [0.1, 0.15) is 18.1 Å². The van der Waals surface area contributed by atoms with Crippen LogP contribution in [0.3, 0.4) is 0 Å². The molecule has 32 heavy (non-hydrogen) atoms. The number of aromatic nitrogens is 1. The standard InChI is InChI=1S/C24H27N3O5/c28-22(13-19-5-8-23(29)26-24(19)30)21-7-6-20(14-25-21)32-16-18-3-1-17(2-4-18)15-27-9-11-31-12-10-27/h1-4,6-7,14,19H,5,8-13,15-16H2,(H,26,29,30). The fraction of sp³-hybridized carbons (Fsp3) is 0.417. The second-order valence-corrected chi connectivity index (χ2v) is 8.15. The highest BCUT2D eigenvalue weighted by molar-refractivity contribution is 6.02. The number of ketones is 1. The number of pyridine rings is 1. The molecule has 1 aromatic heterocycles. The maximum Gasteiger partial charge on any atom is 0.230 e. The Morgan fingerprint density at radius 3 is 2.53 bits per heavy atom. The molecule has 1 aromatic carbocycles. The topological polar surface area (TPSA) is 97.8 Å². The van der Waals surface area contributed by atoms with Crippen molar-refractivity contribution in [1.82, 2.24) is 15.2 Å². The summed E-state index contributed by atoms with van der Waals surface area (Å²) >= 11 is 0. The predicted molar refractivity (Wildman–Crippen MR) is 116 cm³/mol. The van der Waals surface area contributed by atoms with E-state index < -0.39 is 5.92 Å². The van der Waals surface area contributed by atoms with Gasteiger partial charge in [0, 0.05) is 38.4 Å². The number of benzene rings is 1. The number of nitrogens with one attached hydrogen (secondary N) is 1. The van der Waals surface area contributed by atoms with E-state index in [4.69, 9.17) is 9.47 Å². The van der Waals surface area contributed by atoms with Gasteiger partial charge in [0.2, 0.25) is 11.8 Å². The van der Waals surface area contributed by atoms with E-state index in [2.05, 4.69) is 39.5 Å². The number of piperidine rings is 1. The van der Waals surface area contributed by atoms with Crippen LogP contribution in [0, 0.1) is 5.92 Å². The van der Waals surface area contributed by atoms with Crippen LogP contribution in [-0.2, 0) is 27.5 Å². The molecule has 3 heterocycles. The van der Waals surface area contributed by atoms with E-state index in [0.717, 1.165) is 38.4 Å². The van der Waals surface area contributed by atoms with Gasteiger partial charge in [-0.25, -0.2) is 4.98 Å². The molecule has 0 bridgehead atoms. The van der Waals surface area contributed by atoms with Crippen molar-refractivity contribution in [2.45, 2.75) is 32.4 Å². The van der Waals surface area contributed by atoms with E-state index in [9.17, 15) is 14.4 Å². The van der Waals surface area contributed by atoms with Crippen molar-refractivity contribution in [2.75, 3.05) is 26.3 Å². The van der Waals surface area contributed by atoms with Gasteiger partial charge in [-0.1, -0.05) is 24.3 Å². The zero-order valence-electron chi connectivity index (χ0n) is 17.9. The first-order valence-corrected chi connectivity index (χ1v) is 10.9. The second-order valence-electron chi connectivity index (χ2n) is 8.15. The summed E-state index contributed by atoms with van der Waals surface area (Å²) < 4.78 is 11.2. The van der Waals surface area contributed by atoms with Crippen molar-refractivity contribution in [3.8, 4) is 5.75 Å². The van der Waals surface area contributed by atoms with Crippen LogP contribution >= 0.6 is 0 Å². The van der Waals surface area contributed by atoms with Crippen molar-refractivity contribution in [3.63, 3.8) is 0 Å². The Hall–Kier alpha value is -3.10. The first-order chi connectivity index (χ1) is 15.6. The fourth-order valence-electron chi connectivity index (χ4n) is 3.82. The Balaban J connectivity index is 1.25. The van der Waals surface area contributed by atoms with Crippen LogP contribution in [0.4, 0.5) is 0 Å². The van der Waals surface area contributed by atoms with Crippen molar-refractivity contribution >= 4 is 17.6 Å². The number of nitrogens with zero attached hydrogens (tertiary/aromatic N) is 2. The molecule has 2 aromatic rings. The molecule has 0 radical (unpaired) electrons. The maximum absolute atomic E-state index is 12.4. The van der Waals surface area contributed by atoms with Gasteiger partial charge >= 0.3 is 0 Å². The lowest BCUT2D eigenvalue weighted by Crippen LogP contribution is -2.41. The fourth-order valence-corrected chi connectivity index (χ4v) is 3.82. The number of Topliss-reactive ketones (excluding diaryl/α,β-unsaturated/α-hetero) is 1. The summed E-state index contributed by atoms with van der Waals surface area (Å²) in [5, 5.41) is 2.27. The van der Waals surface area contributed by atoms with Crippen LogP contribution in [0.5, 0.6) is 5.75 Å². The number of carbonyl (C=O) groups excluding carboxylic acids is 3. The molecule has 168 valence electrons. The average molecular weight is 437 g/mol. The first-order valence-electron chi connectivity index (χ1n) is 10.9. The lowest BCUT2D eigenvalue weighted by molar-refractivity contribution is -0.136. The monoisotopic (exact) mass is 437 g/mol. The third kappa shape index (κ3) is 5.99. The molecule has 2 aliphatic heterocycles. The average Bonchev–Trinajstić information content (AvgIpc) is 2.81. The van der Waals surface area contributed by atoms with E-state index in [1.54, 1.807) is 12.1 Å². The molecule has 0 saturated carbocycles. The van der Waals surface area contributed by atoms with Crippen molar-refractivity contribution in [3.05, 3.63) is 59.4 Å². The zero-order chi connectivity index (χ0) is 22.3. The van der Waals surface area contributed by atoms with E-state index in [0.29, 0.717) is 18.8 Å². The number of hydrogen-bond acceptors (Lipinski definition) is 7. The molecule has 4 rings (SSSR count). The number of amides is 2. The quantitative estimate of drug-likeness (QED) is 0.499. The molecular weight excluding hydrogens is 410 g/mol. The van der Waals surface area contributed by atoms with Gasteiger partial charge in [-0.05, 0) is 29.7 Å². The number of hydrogen-bond donors (Lipinski definition) is 1. The van der Waals surface area contributed by atoms with Crippen molar-refractivity contribution in [1.29, 1.82) is 0 Å². The van der Waals surface area contributed by atoms with E-state index in [-0.39, 0.29) is 36.1 Å². The first kappa shape index (κ1) is 22.1. The third-order valence-corrected chi connectivity index (χ3v) is 5.75. The van der Waals surface area contributed by atoms with Gasteiger partial charge in [0.05, 0.1) is 19.4 Å². The van der Waals surface area contributed by atoms with Crippen LogP contribution in [0.1, 0.15) is 40.9 Å². The Bertz CT molecular complexity index is 953. The predicted octanol–water partition coefficient (Wildman–Crippen LogP) is 2.12. The maximum atomic E-state index is 12.4. The van der Waals surface area contributed by atoms with E-state index >= 15 is 0 Å². The van der Waals surface area contributed by atoms with Crippen LogP contribution in [0.15, 0.2) is 42.6 Å². The summed E-state index contributed by atoms with van der Waals surface area (Å²) in [5.74, 6) is -0.804. The number of imide groups is 1. The summed E-state index contributed by atoms with van der Waals surface area (Å²) in [6.07, 6.45) is 2.22. The molecule has 1 N–H and O–H groups in total. The van der Waals surface area contributed by atoms with Crippen LogP contribution in [-0.4, -0.2) is 53.8 Å². The van der Waals surface area contributed by atoms with E-state index in [1.165, 1.54) is 11.8 Å². The Labute approximate surface area is 186 Å². The molecule has 8 nitrogen and oxygen atoms in total. The largest absolute Gasteiger partial charge is 0.487 e. The number of morpholine rings is 1. The second kappa shape index (κ2) is 10.5. The molecule has 0 aliphatic carbocycles. The molecule has 2 saturated heterocycles. The van der Waals surface area contributed by atoms with Gasteiger partial charge in [-0.15, -0.1) is 0 Å². The van der Waals surface area contributed by atoms with Crippen molar-refractivity contribution in [2.24, 2.45) is 5.92 Å². The molecule has 1 unspecified atom stereocenters. The minimum Gasteiger partial charge on any atom is -0.487 e. The Kier molecular flexibility index (Phi) is 7.24. The number of carbonyl (C=O) groups is 3. The lowest BCUT2D eigenvalue weighted by atomic mass is 9.92. The van der Waals surface area contributed by atoms with Crippen molar-refractivity contribution < 1.29 is 23.9 Å². The van der Waals surface area contributed by atoms with Gasteiger partial charge in [0.25, 0.3) is 0 Å². The Morgan fingerprint density at radius 2 is 1.84 bits per heavy atom. The number of ether oxygens (including phenoxy) is 2. The Morgan fingerprint density at radius 1 is 1.09 bits per heavy atom. The van der Waals surface area contributed by atoms with E-state index in [1.807, 2.05) is 0 Å².